The highest BCUT2D eigenvalue weighted by Gasteiger charge is 2.27. The van der Waals surface area contributed by atoms with Crippen LogP contribution in [0.4, 0.5) is 0 Å². The number of hydrogen-bond acceptors (Lipinski definition) is 4. The van der Waals surface area contributed by atoms with E-state index in [9.17, 15) is 13.5 Å². The maximum atomic E-state index is 11.5. The van der Waals surface area contributed by atoms with Crippen molar-refractivity contribution in [1.29, 1.82) is 0 Å². The lowest BCUT2D eigenvalue weighted by Gasteiger charge is -2.34. The van der Waals surface area contributed by atoms with Crippen LogP contribution in [0.1, 0.15) is 26.7 Å². The van der Waals surface area contributed by atoms with Crippen molar-refractivity contribution in [3.63, 3.8) is 0 Å². The lowest BCUT2D eigenvalue weighted by Crippen LogP contribution is -2.45. The predicted molar refractivity (Wildman–Crippen MR) is 72.9 cm³/mol. The summed E-state index contributed by atoms with van der Waals surface area (Å²) < 4.78 is 24.6. The summed E-state index contributed by atoms with van der Waals surface area (Å²) in [7, 11) is -1.09. The smallest absolute Gasteiger partial charge is 0.211 e. The summed E-state index contributed by atoms with van der Waals surface area (Å²) in [5.41, 5.74) is -0.708. The number of rotatable bonds is 5. The minimum atomic E-state index is -3.06. The summed E-state index contributed by atoms with van der Waals surface area (Å²) in [5, 5.41) is 9.75. The van der Waals surface area contributed by atoms with E-state index in [0.29, 0.717) is 25.6 Å². The Morgan fingerprint density at radius 1 is 1.44 bits per heavy atom. The fraction of sp³-hybridized carbons (Fsp3) is 1.00. The molecule has 1 unspecified atom stereocenters. The predicted octanol–water partition coefficient (Wildman–Crippen LogP) is 0.361. The number of aliphatic hydroxyl groups is 1. The molecule has 0 spiro atoms. The molecule has 0 aromatic heterocycles. The van der Waals surface area contributed by atoms with E-state index in [1.807, 2.05) is 7.05 Å². The molecule has 18 heavy (non-hydrogen) atoms. The Bertz CT molecular complexity index is 362. The largest absolute Gasteiger partial charge is 0.389 e. The number of likely N-dealkylation sites (N-methyl/N-ethyl adjacent to an activating group) is 1. The van der Waals surface area contributed by atoms with Crippen LogP contribution in [0.5, 0.6) is 0 Å². The van der Waals surface area contributed by atoms with Crippen molar-refractivity contribution in [3.8, 4) is 0 Å². The fourth-order valence-corrected chi connectivity index (χ4v) is 3.59. The first-order valence-electron chi connectivity index (χ1n) is 6.44. The second-order valence-corrected chi connectivity index (χ2v) is 8.12. The highest BCUT2D eigenvalue weighted by molar-refractivity contribution is 7.88. The molecule has 6 heteroatoms. The van der Waals surface area contributed by atoms with E-state index >= 15 is 0 Å². The number of nitrogens with zero attached hydrogens (tertiary/aromatic N) is 2. The molecule has 0 aliphatic carbocycles. The van der Waals surface area contributed by atoms with E-state index in [1.165, 1.54) is 6.26 Å². The molecule has 0 aromatic carbocycles. The lowest BCUT2D eigenvalue weighted by molar-refractivity contribution is 0.0373. The van der Waals surface area contributed by atoms with Crippen LogP contribution >= 0.6 is 0 Å². The van der Waals surface area contributed by atoms with Gasteiger partial charge in [0.2, 0.25) is 10.0 Å². The summed E-state index contributed by atoms with van der Waals surface area (Å²) in [4.78, 5) is 2.08. The zero-order chi connectivity index (χ0) is 14.0. The Labute approximate surface area is 111 Å². The van der Waals surface area contributed by atoms with E-state index < -0.39 is 15.6 Å². The van der Waals surface area contributed by atoms with Crippen LogP contribution in [-0.4, -0.2) is 67.8 Å². The maximum Gasteiger partial charge on any atom is 0.211 e. The third kappa shape index (κ3) is 5.65. The van der Waals surface area contributed by atoms with E-state index in [4.69, 9.17) is 0 Å². The van der Waals surface area contributed by atoms with Gasteiger partial charge in [-0.1, -0.05) is 0 Å². The van der Waals surface area contributed by atoms with Crippen LogP contribution in [0.15, 0.2) is 0 Å². The van der Waals surface area contributed by atoms with Gasteiger partial charge in [0.05, 0.1) is 11.9 Å². The summed E-state index contributed by atoms with van der Waals surface area (Å²) in [6.45, 7) is 6.25. The molecule has 0 bridgehead atoms. The van der Waals surface area contributed by atoms with Crippen LogP contribution in [-0.2, 0) is 10.0 Å². The first kappa shape index (κ1) is 15.9. The average molecular weight is 278 g/mol. The molecule has 1 saturated heterocycles. The molecular weight excluding hydrogens is 252 g/mol. The van der Waals surface area contributed by atoms with E-state index in [0.717, 1.165) is 19.4 Å². The maximum absolute atomic E-state index is 11.5. The summed E-state index contributed by atoms with van der Waals surface area (Å²) in [6, 6.07) is 0. The molecule has 1 aliphatic heterocycles. The molecule has 0 radical (unpaired) electrons. The fourth-order valence-electron chi connectivity index (χ4n) is 2.64. The topological polar surface area (TPSA) is 60.9 Å². The molecule has 108 valence electrons. The minimum absolute atomic E-state index is 0.362. The Hall–Kier alpha value is -0.170. The monoisotopic (exact) mass is 278 g/mol. The third-order valence-corrected chi connectivity index (χ3v) is 4.45. The zero-order valence-electron chi connectivity index (χ0n) is 11.9. The van der Waals surface area contributed by atoms with Crippen LogP contribution in [0.3, 0.4) is 0 Å². The molecule has 0 saturated carbocycles. The molecular formula is C12H26N2O3S. The van der Waals surface area contributed by atoms with Gasteiger partial charge in [0.25, 0.3) is 0 Å². The molecule has 1 fully saturated rings. The molecule has 5 nitrogen and oxygen atoms in total. The molecule has 1 heterocycles. The molecule has 0 amide bonds. The normalized spacial score (nSPS) is 23.6. The Morgan fingerprint density at radius 3 is 2.56 bits per heavy atom. The summed E-state index contributed by atoms with van der Waals surface area (Å²) >= 11 is 0. The number of hydrogen-bond donors (Lipinski definition) is 1. The van der Waals surface area contributed by atoms with Crippen molar-refractivity contribution in [2.45, 2.75) is 32.3 Å². The van der Waals surface area contributed by atoms with Crippen LogP contribution in [0, 0.1) is 5.92 Å². The van der Waals surface area contributed by atoms with Crippen molar-refractivity contribution in [3.05, 3.63) is 0 Å². The summed E-state index contributed by atoms with van der Waals surface area (Å²) in [6.07, 6.45) is 3.26. The van der Waals surface area contributed by atoms with Crippen LogP contribution in [0.25, 0.3) is 0 Å². The molecule has 1 atom stereocenters. The Morgan fingerprint density at radius 2 is 2.06 bits per heavy atom. The SMILES string of the molecule is CN(CC1CCCN(S(C)(=O)=O)C1)CC(C)(C)O. The zero-order valence-corrected chi connectivity index (χ0v) is 12.7. The van der Waals surface area contributed by atoms with Gasteiger partial charge in [-0.3, -0.25) is 0 Å². The Balaban J connectivity index is 2.48. The van der Waals surface area contributed by atoms with Gasteiger partial charge in [-0.15, -0.1) is 0 Å². The summed E-state index contributed by atoms with van der Waals surface area (Å²) in [5.74, 6) is 0.362. The second-order valence-electron chi connectivity index (χ2n) is 6.14. The van der Waals surface area contributed by atoms with Crippen molar-refractivity contribution >= 4 is 10.0 Å². The third-order valence-electron chi connectivity index (χ3n) is 3.18. The van der Waals surface area contributed by atoms with Gasteiger partial charge in [0.15, 0.2) is 0 Å². The van der Waals surface area contributed by atoms with Crippen molar-refractivity contribution in [1.82, 2.24) is 9.21 Å². The van der Waals surface area contributed by atoms with Gasteiger partial charge in [-0.25, -0.2) is 12.7 Å². The minimum Gasteiger partial charge on any atom is -0.389 e. The van der Waals surface area contributed by atoms with Gasteiger partial charge in [0.1, 0.15) is 0 Å². The molecule has 1 N–H and O–H groups in total. The highest BCUT2D eigenvalue weighted by atomic mass is 32.2. The van der Waals surface area contributed by atoms with E-state index in [1.54, 1.807) is 18.2 Å². The van der Waals surface area contributed by atoms with E-state index in [-0.39, 0.29) is 0 Å². The van der Waals surface area contributed by atoms with Crippen molar-refractivity contribution in [2.75, 3.05) is 39.5 Å². The second kappa shape index (κ2) is 5.86. The highest BCUT2D eigenvalue weighted by Crippen LogP contribution is 2.19. The standard InChI is InChI=1S/C12H26N2O3S/c1-12(2,15)10-13(3)8-11-6-5-7-14(9-11)18(4,16)17/h11,15H,5-10H2,1-4H3. The van der Waals surface area contributed by atoms with Gasteiger partial charge in [-0.2, -0.15) is 0 Å². The van der Waals surface area contributed by atoms with Crippen LogP contribution < -0.4 is 0 Å². The molecule has 1 aliphatic rings. The van der Waals surface area contributed by atoms with Gasteiger partial charge in [0, 0.05) is 26.2 Å². The molecule has 0 aromatic rings. The van der Waals surface area contributed by atoms with Crippen molar-refractivity contribution < 1.29 is 13.5 Å². The van der Waals surface area contributed by atoms with E-state index in [2.05, 4.69) is 4.90 Å². The van der Waals surface area contributed by atoms with Gasteiger partial charge < -0.3 is 10.0 Å². The lowest BCUT2D eigenvalue weighted by atomic mass is 9.98. The number of piperidine rings is 1. The first-order chi connectivity index (χ1) is 8.08. The van der Waals surface area contributed by atoms with Gasteiger partial charge >= 0.3 is 0 Å². The Kier molecular flexibility index (Phi) is 5.17. The van der Waals surface area contributed by atoms with Crippen molar-refractivity contribution in [2.24, 2.45) is 5.92 Å². The quantitative estimate of drug-likeness (QED) is 0.789. The molecule has 1 rings (SSSR count). The average Bonchev–Trinajstić information content (AvgIpc) is 2.13. The van der Waals surface area contributed by atoms with Crippen LogP contribution in [0.2, 0.25) is 0 Å². The van der Waals surface area contributed by atoms with Gasteiger partial charge in [-0.05, 0) is 39.7 Å². The number of sulfonamides is 1. The first-order valence-corrected chi connectivity index (χ1v) is 8.29.